The topological polar surface area (TPSA) is 78.4 Å². The average molecular weight is 208 g/mol. The quantitative estimate of drug-likeness (QED) is 0.503. The molecule has 0 saturated carbocycles. The van der Waals surface area contributed by atoms with Gasteiger partial charge in [-0.3, -0.25) is 9.59 Å². The molecule has 0 atom stereocenters. The summed E-state index contributed by atoms with van der Waals surface area (Å²) in [6.07, 6.45) is 0.521. The van der Waals surface area contributed by atoms with E-state index in [0.717, 1.165) is 0 Å². The fourth-order valence-electron chi connectivity index (χ4n) is 1.33. The first-order valence-electron chi connectivity index (χ1n) is 4.36. The molecule has 1 rings (SSSR count). The molecule has 0 aliphatic carbocycles. The number of benzene rings is 1. The molecule has 0 aliphatic heterocycles. The van der Waals surface area contributed by atoms with Crippen LogP contribution in [0, 0.1) is 6.92 Å². The lowest BCUT2D eigenvalue weighted by atomic mass is 10.0. The molecule has 1 aromatic rings. The van der Waals surface area contributed by atoms with Crippen molar-refractivity contribution in [1.29, 1.82) is 0 Å². The highest BCUT2D eigenvalue weighted by atomic mass is 16.3. The van der Waals surface area contributed by atoms with Crippen LogP contribution >= 0.6 is 0 Å². The van der Waals surface area contributed by atoms with Gasteiger partial charge in [-0.15, -0.1) is 0 Å². The van der Waals surface area contributed by atoms with Gasteiger partial charge in [0.1, 0.15) is 5.75 Å². The van der Waals surface area contributed by atoms with E-state index >= 15 is 0 Å². The van der Waals surface area contributed by atoms with Crippen LogP contribution in [0.15, 0.2) is 12.1 Å². The fraction of sp³-hybridized carbons (Fsp3) is 0.200. The van der Waals surface area contributed by atoms with Gasteiger partial charge in [0, 0.05) is 12.7 Å². The number of amides is 2. The summed E-state index contributed by atoms with van der Waals surface area (Å²) in [6, 6.07) is 2.90. The third-order valence-corrected chi connectivity index (χ3v) is 2.11. The van der Waals surface area contributed by atoms with E-state index in [1.807, 2.05) is 0 Å². The van der Waals surface area contributed by atoms with Crippen molar-refractivity contribution in [1.82, 2.24) is 5.32 Å². The Morgan fingerprint density at radius 1 is 1.47 bits per heavy atom. The Bertz CT molecular complexity index is 402. The van der Waals surface area contributed by atoms with Crippen molar-refractivity contribution in [2.24, 2.45) is 0 Å². The number of hydrogen-bond donors (Lipinski definition) is 3. The summed E-state index contributed by atoms with van der Waals surface area (Å²) in [5.74, 6) is -0.497. The Hall–Kier alpha value is -2.04. The molecule has 15 heavy (non-hydrogen) atoms. The molecule has 0 fully saturated rings. The van der Waals surface area contributed by atoms with E-state index in [4.69, 9.17) is 0 Å². The zero-order chi connectivity index (χ0) is 11.4. The summed E-state index contributed by atoms with van der Waals surface area (Å²) in [7, 11) is 1.47. The molecule has 5 nitrogen and oxygen atoms in total. The van der Waals surface area contributed by atoms with Crippen molar-refractivity contribution in [2.75, 3.05) is 12.4 Å². The first-order chi connectivity index (χ1) is 7.11. The van der Waals surface area contributed by atoms with E-state index in [2.05, 4.69) is 10.6 Å². The van der Waals surface area contributed by atoms with Crippen molar-refractivity contribution in [3.63, 3.8) is 0 Å². The number of anilines is 1. The molecule has 0 aliphatic rings. The Labute approximate surface area is 87.1 Å². The van der Waals surface area contributed by atoms with Gasteiger partial charge in [0.25, 0.3) is 5.91 Å². The van der Waals surface area contributed by atoms with Crippen molar-refractivity contribution in [2.45, 2.75) is 6.92 Å². The van der Waals surface area contributed by atoms with Gasteiger partial charge < -0.3 is 15.7 Å². The third kappa shape index (κ3) is 2.07. The SMILES string of the molecule is CNC(=O)c1c(O)ccc(NC=O)c1C. The number of phenolic OH excluding ortho intramolecular Hbond substituents is 1. The van der Waals surface area contributed by atoms with Crippen LogP contribution in [0.2, 0.25) is 0 Å². The lowest BCUT2D eigenvalue weighted by Crippen LogP contribution is -2.19. The summed E-state index contributed by atoms with van der Waals surface area (Å²) in [4.78, 5) is 21.7. The highest BCUT2D eigenvalue weighted by Gasteiger charge is 2.15. The van der Waals surface area contributed by atoms with Crippen molar-refractivity contribution < 1.29 is 14.7 Å². The van der Waals surface area contributed by atoms with Gasteiger partial charge in [0.2, 0.25) is 6.41 Å². The maximum atomic E-state index is 11.4. The van der Waals surface area contributed by atoms with Crippen LogP contribution in [0.25, 0.3) is 0 Å². The number of carbonyl (C=O) groups excluding carboxylic acids is 2. The molecule has 0 aromatic heterocycles. The Morgan fingerprint density at radius 2 is 2.13 bits per heavy atom. The van der Waals surface area contributed by atoms with E-state index in [-0.39, 0.29) is 17.2 Å². The molecule has 0 radical (unpaired) electrons. The number of rotatable bonds is 3. The van der Waals surface area contributed by atoms with Gasteiger partial charge in [-0.05, 0) is 24.6 Å². The van der Waals surface area contributed by atoms with Crippen molar-refractivity contribution in [3.8, 4) is 5.75 Å². The van der Waals surface area contributed by atoms with Gasteiger partial charge in [-0.25, -0.2) is 0 Å². The first kappa shape index (κ1) is 11.0. The second-order valence-electron chi connectivity index (χ2n) is 2.97. The Balaban J connectivity index is 3.29. The largest absolute Gasteiger partial charge is 0.507 e. The third-order valence-electron chi connectivity index (χ3n) is 2.11. The standard InChI is InChI=1S/C10H12N2O3/c1-6-7(12-5-13)3-4-8(14)9(6)10(15)11-2/h3-5,14H,1-2H3,(H,11,15)(H,12,13). The van der Waals surface area contributed by atoms with E-state index in [9.17, 15) is 14.7 Å². The van der Waals surface area contributed by atoms with Crippen LogP contribution in [-0.2, 0) is 4.79 Å². The Morgan fingerprint density at radius 3 is 2.67 bits per heavy atom. The second-order valence-corrected chi connectivity index (χ2v) is 2.97. The molecule has 0 spiro atoms. The van der Waals surface area contributed by atoms with Crippen LogP contribution in [0.5, 0.6) is 5.75 Å². The molecule has 0 bridgehead atoms. The van der Waals surface area contributed by atoms with Crippen molar-refractivity contribution >= 4 is 18.0 Å². The van der Waals surface area contributed by atoms with Gasteiger partial charge >= 0.3 is 0 Å². The minimum atomic E-state index is -0.389. The molecule has 1 aromatic carbocycles. The van der Waals surface area contributed by atoms with E-state index in [1.54, 1.807) is 6.92 Å². The second kappa shape index (κ2) is 4.45. The minimum absolute atomic E-state index is 0.108. The maximum absolute atomic E-state index is 11.4. The number of phenols is 1. The van der Waals surface area contributed by atoms with Gasteiger partial charge in [0.15, 0.2) is 0 Å². The smallest absolute Gasteiger partial charge is 0.255 e. The number of hydrogen-bond acceptors (Lipinski definition) is 3. The normalized spacial score (nSPS) is 9.47. The van der Waals surface area contributed by atoms with Gasteiger partial charge in [-0.2, -0.15) is 0 Å². The zero-order valence-corrected chi connectivity index (χ0v) is 8.50. The first-order valence-corrected chi connectivity index (χ1v) is 4.36. The lowest BCUT2D eigenvalue weighted by molar-refractivity contribution is -0.105. The number of aromatic hydroxyl groups is 1. The van der Waals surface area contributed by atoms with Crippen molar-refractivity contribution in [3.05, 3.63) is 23.3 Å². The monoisotopic (exact) mass is 208 g/mol. The van der Waals surface area contributed by atoms with Crippen LogP contribution in [-0.4, -0.2) is 24.5 Å². The molecule has 0 unspecified atom stereocenters. The van der Waals surface area contributed by atoms with E-state index in [0.29, 0.717) is 17.7 Å². The van der Waals surface area contributed by atoms with Crippen LogP contribution in [0.4, 0.5) is 5.69 Å². The molecule has 3 N–H and O–H groups in total. The predicted molar refractivity (Wildman–Crippen MR) is 55.9 cm³/mol. The maximum Gasteiger partial charge on any atom is 0.255 e. The molecular weight excluding hydrogens is 196 g/mol. The highest BCUT2D eigenvalue weighted by molar-refractivity contribution is 6.00. The molecule has 5 heteroatoms. The summed E-state index contributed by atoms with van der Waals surface area (Å²) in [6.45, 7) is 1.65. The summed E-state index contributed by atoms with van der Waals surface area (Å²) in [5.41, 5.74) is 1.20. The molecule has 0 saturated heterocycles. The highest BCUT2D eigenvalue weighted by Crippen LogP contribution is 2.26. The van der Waals surface area contributed by atoms with E-state index in [1.165, 1.54) is 19.2 Å². The van der Waals surface area contributed by atoms with Crippen LogP contribution in [0.3, 0.4) is 0 Å². The average Bonchev–Trinajstić information content (AvgIpc) is 2.22. The fourth-order valence-corrected chi connectivity index (χ4v) is 1.33. The zero-order valence-electron chi connectivity index (χ0n) is 8.50. The molecule has 0 heterocycles. The predicted octanol–water partition coefficient (Wildman–Crippen LogP) is 0.629. The minimum Gasteiger partial charge on any atom is -0.507 e. The number of carbonyl (C=O) groups is 2. The molecule has 2 amide bonds. The summed E-state index contributed by atoms with van der Waals surface area (Å²) in [5, 5.41) is 14.4. The Kier molecular flexibility index (Phi) is 3.28. The number of nitrogens with one attached hydrogen (secondary N) is 2. The van der Waals surface area contributed by atoms with E-state index < -0.39 is 0 Å². The van der Waals surface area contributed by atoms with Crippen LogP contribution in [0.1, 0.15) is 15.9 Å². The summed E-state index contributed by atoms with van der Waals surface area (Å²) < 4.78 is 0. The lowest BCUT2D eigenvalue weighted by Gasteiger charge is -2.10. The molecule has 80 valence electrons. The molecular formula is C10H12N2O3. The van der Waals surface area contributed by atoms with Crippen LogP contribution < -0.4 is 10.6 Å². The van der Waals surface area contributed by atoms with Gasteiger partial charge in [0.05, 0.1) is 5.56 Å². The van der Waals surface area contributed by atoms with Gasteiger partial charge in [-0.1, -0.05) is 0 Å². The summed E-state index contributed by atoms with van der Waals surface area (Å²) >= 11 is 0.